The van der Waals surface area contributed by atoms with E-state index in [1.165, 1.54) is 7.11 Å². The Kier molecular flexibility index (Phi) is 7.14. The molecule has 0 atom stereocenters. The molecular weight excluding hydrogens is 330 g/mol. The number of hydrogen-bond donors (Lipinski definition) is 1. The number of ether oxygens (including phenoxy) is 2. The topological polar surface area (TPSA) is 61.5 Å². The number of methoxy groups -OCH3 is 1. The maximum atomic E-state index is 12.0. The zero-order valence-electron chi connectivity index (χ0n) is 14.4. The molecule has 0 aromatic heterocycles. The van der Waals surface area contributed by atoms with Crippen LogP contribution in [0.1, 0.15) is 28.4 Å². The van der Waals surface area contributed by atoms with Gasteiger partial charge < -0.3 is 15.2 Å². The number of carbonyl (C=O) groups is 1. The van der Waals surface area contributed by atoms with Crippen molar-refractivity contribution < 1.29 is 14.3 Å². The van der Waals surface area contributed by atoms with Crippen molar-refractivity contribution in [3.05, 3.63) is 27.8 Å². The van der Waals surface area contributed by atoms with Crippen molar-refractivity contribution in [1.82, 2.24) is 0 Å². The van der Waals surface area contributed by atoms with Crippen LogP contribution in [-0.4, -0.2) is 34.4 Å². The van der Waals surface area contributed by atoms with E-state index < -0.39 is 14.0 Å². The second-order valence-electron chi connectivity index (χ2n) is 6.12. The lowest BCUT2D eigenvalue weighted by Crippen LogP contribution is -2.16. The summed E-state index contributed by atoms with van der Waals surface area (Å²) in [7, 11) is -0.282. The first-order chi connectivity index (χ1) is 10.7. The average Bonchev–Trinajstić information content (AvgIpc) is 2.47. The van der Waals surface area contributed by atoms with E-state index in [1.54, 1.807) is 6.07 Å². The van der Waals surface area contributed by atoms with E-state index in [1.807, 2.05) is 6.92 Å². The number of carbonyl (C=O) groups excluding carboxylic acids is 1. The van der Waals surface area contributed by atoms with E-state index in [4.69, 9.17) is 26.8 Å². The van der Waals surface area contributed by atoms with Crippen LogP contribution >= 0.6 is 11.6 Å². The number of benzene rings is 1. The summed E-state index contributed by atoms with van der Waals surface area (Å²) < 4.78 is 10.2. The van der Waals surface area contributed by atoms with Gasteiger partial charge in [-0.15, -0.1) is 5.54 Å². The van der Waals surface area contributed by atoms with Gasteiger partial charge in [-0.25, -0.2) is 4.79 Å². The van der Waals surface area contributed by atoms with Crippen molar-refractivity contribution in [3.8, 4) is 11.5 Å². The molecule has 1 aromatic rings. The third kappa shape index (κ3) is 5.58. The molecule has 0 unspecified atom stereocenters. The Bertz CT molecular complexity index is 642. The quantitative estimate of drug-likeness (QED) is 0.289. The Hall–Kier alpha value is -1.48. The molecule has 6 heteroatoms. The molecule has 0 amide bonds. The predicted molar refractivity (Wildman–Crippen MR) is 97.6 cm³/mol. The average molecular weight is 354 g/mol. The molecule has 2 N–H and O–H groups in total. The highest BCUT2D eigenvalue weighted by molar-refractivity contribution is 6.83. The summed E-state index contributed by atoms with van der Waals surface area (Å²) in [5.74, 6) is 2.58. The molecule has 0 saturated carbocycles. The van der Waals surface area contributed by atoms with Gasteiger partial charge in [0.05, 0.1) is 35.6 Å². The maximum absolute atomic E-state index is 12.0. The lowest BCUT2D eigenvalue weighted by molar-refractivity contribution is 0.0600. The third-order valence-corrected chi connectivity index (χ3v) is 4.35. The fourth-order valence-corrected chi connectivity index (χ4v) is 2.67. The van der Waals surface area contributed by atoms with E-state index in [2.05, 4.69) is 31.1 Å². The highest BCUT2D eigenvalue weighted by Crippen LogP contribution is 2.30. The molecule has 0 aliphatic heterocycles. The number of hydrogen-bond acceptors (Lipinski definition) is 4. The van der Waals surface area contributed by atoms with Crippen LogP contribution in [0, 0.1) is 11.5 Å². The molecule has 0 aliphatic carbocycles. The molecule has 0 heterocycles. The van der Waals surface area contributed by atoms with Crippen LogP contribution in [0.4, 0.5) is 5.69 Å². The number of halogens is 1. The Balaban J connectivity index is 3.42. The number of anilines is 1. The zero-order chi connectivity index (χ0) is 17.6. The zero-order valence-corrected chi connectivity index (χ0v) is 16.1. The van der Waals surface area contributed by atoms with E-state index in [0.717, 1.165) is 5.56 Å². The second-order valence-corrected chi connectivity index (χ2v) is 11.3. The van der Waals surface area contributed by atoms with Gasteiger partial charge in [0.1, 0.15) is 8.07 Å². The number of nitrogen functional groups attached to an aromatic ring is 1. The normalized spacial score (nSPS) is 10.9. The maximum Gasteiger partial charge on any atom is 0.339 e. The van der Waals surface area contributed by atoms with E-state index in [0.29, 0.717) is 30.9 Å². The summed E-state index contributed by atoms with van der Waals surface area (Å²) in [6.45, 7) is 9.46. The molecule has 0 fully saturated rings. The van der Waals surface area contributed by atoms with Crippen molar-refractivity contribution in [3.63, 3.8) is 0 Å². The van der Waals surface area contributed by atoms with Crippen molar-refractivity contribution >= 4 is 31.3 Å². The number of nitrogens with two attached hydrogens (primary N) is 1. The van der Waals surface area contributed by atoms with Gasteiger partial charge in [0.2, 0.25) is 0 Å². The van der Waals surface area contributed by atoms with Crippen LogP contribution in [0.15, 0.2) is 6.07 Å². The predicted octanol–water partition coefficient (Wildman–Crippen LogP) is 3.52. The van der Waals surface area contributed by atoms with Gasteiger partial charge in [-0.2, -0.15) is 0 Å². The molecule has 0 aliphatic rings. The molecular formula is C17H24ClNO3Si. The highest BCUT2D eigenvalue weighted by Gasteiger charge is 2.19. The van der Waals surface area contributed by atoms with Crippen molar-refractivity contribution in [2.45, 2.75) is 33.0 Å². The highest BCUT2D eigenvalue weighted by atomic mass is 35.5. The summed E-state index contributed by atoms with van der Waals surface area (Å²) in [4.78, 5) is 12.0. The Morgan fingerprint density at radius 1 is 1.39 bits per heavy atom. The Morgan fingerprint density at radius 2 is 2.04 bits per heavy atom. The van der Waals surface area contributed by atoms with Gasteiger partial charge in [-0.05, 0) is 25.0 Å². The number of rotatable bonds is 5. The minimum Gasteiger partial charge on any atom is -0.465 e. The summed E-state index contributed by atoms with van der Waals surface area (Å²) in [6, 6.07) is 1.67. The molecule has 23 heavy (non-hydrogen) atoms. The van der Waals surface area contributed by atoms with Crippen LogP contribution in [0.2, 0.25) is 24.7 Å². The van der Waals surface area contributed by atoms with E-state index >= 15 is 0 Å². The first-order valence-corrected chi connectivity index (χ1v) is 11.4. The van der Waals surface area contributed by atoms with Crippen LogP contribution < -0.4 is 5.73 Å². The van der Waals surface area contributed by atoms with Crippen LogP contribution in [0.5, 0.6) is 0 Å². The summed E-state index contributed by atoms with van der Waals surface area (Å²) in [5.41, 5.74) is 11.6. The molecule has 4 nitrogen and oxygen atoms in total. The Morgan fingerprint density at radius 3 is 2.57 bits per heavy atom. The van der Waals surface area contributed by atoms with Gasteiger partial charge in [0.25, 0.3) is 0 Å². The first kappa shape index (κ1) is 19.6. The van der Waals surface area contributed by atoms with Gasteiger partial charge in [0, 0.05) is 6.61 Å². The van der Waals surface area contributed by atoms with Gasteiger partial charge in [-0.3, -0.25) is 0 Å². The fraction of sp³-hybridized carbons (Fsp3) is 0.471. The SMILES string of the molecule is CCOCCc1cc(C(=O)OC)c(Cl)c(C#C[Si](C)(C)C)c1N. The summed E-state index contributed by atoms with van der Waals surface area (Å²) in [5, 5.41) is 0.250. The van der Waals surface area contributed by atoms with E-state index in [9.17, 15) is 4.79 Å². The molecule has 1 aromatic carbocycles. The smallest absolute Gasteiger partial charge is 0.339 e. The summed E-state index contributed by atoms with van der Waals surface area (Å²) in [6.07, 6.45) is 0.586. The second kappa shape index (κ2) is 8.39. The van der Waals surface area contributed by atoms with Gasteiger partial charge in [-0.1, -0.05) is 37.2 Å². The van der Waals surface area contributed by atoms with Gasteiger partial charge >= 0.3 is 5.97 Å². The lowest BCUT2D eigenvalue weighted by Gasteiger charge is -2.13. The monoisotopic (exact) mass is 353 g/mol. The molecule has 0 spiro atoms. The lowest BCUT2D eigenvalue weighted by atomic mass is 10.0. The third-order valence-electron chi connectivity index (χ3n) is 3.08. The van der Waals surface area contributed by atoms with Crippen LogP contribution in [0.3, 0.4) is 0 Å². The minimum absolute atomic E-state index is 0.250. The molecule has 0 radical (unpaired) electrons. The summed E-state index contributed by atoms with van der Waals surface area (Å²) >= 11 is 6.35. The first-order valence-electron chi connectivity index (χ1n) is 7.51. The van der Waals surface area contributed by atoms with Crippen molar-refractivity contribution in [2.24, 2.45) is 0 Å². The van der Waals surface area contributed by atoms with Gasteiger partial charge in [0.15, 0.2) is 0 Å². The minimum atomic E-state index is -1.60. The molecule has 0 saturated heterocycles. The Labute approximate surface area is 144 Å². The van der Waals surface area contributed by atoms with Crippen LogP contribution in [0.25, 0.3) is 0 Å². The van der Waals surface area contributed by atoms with Crippen LogP contribution in [-0.2, 0) is 15.9 Å². The largest absolute Gasteiger partial charge is 0.465 e. The van der Waals surface area contributed by atoms with E-state index in [-0.39, 0.29) is 10.6 Å². The number of esters is 1. The molecule has 1 rings (SSSR count). The molecule has 126 valence electrons. The standard InChI is InChI=1S/C17H24ClNO3Si/c1-6-22-9-7-12-11-14(17(20)21-2)15(18)13(16(12)19)8-10-23(3,4)5/h11H,6-7,9,19H2,1-5H3. The molecule has 0 bridgehead atoms. The fourth-order valence-electron chi connectivity index (χ4n) is 1.89. The van der Waals surface area contributed by atoms with Crippen molar-refractivity contribution in [2.75, 3.05) is 26.1 Å². The van der Waals surface area contributed by atoms with Crippen molar-refractivity contribution in [1.29, 1.82) is 0 Å².